The number of H-pyrrole nitrogens is 1. The van der Waals surface area contributed by atoms with Crippen LogP contribution in [0.5, 0.6) is 0 Å². The fourth-order valence-corrected chi connectivity index (χ4v) is 3.33. The van der Waals surface area contributed by atoms with Gasteiger partial charge >= 0.3 is 11.7 Å². The number of carbonyl (C=O) groups is 2. The Bertz CT molecular complexity index is 994. The SMILES string of the molecule is Cc1cc(C(=O)COC(=O)Cn2ccc(=O)[nH]c2=O)c(C)n1C[C@H]1CCCO1. The summed E-state index contributed by atoms with van der Waals surface area (Å²) in [7, 11) is 0. The van der Waals surface area contributed by atoms with E-state index < -0.39 is 23.8 Å². The molecule has 2 aromatic heterocycles. The molecule has 0 aliphatic carbocycles. The predicted octanol–water partition coefficient (Wildman–Crippen LogP) is 0.560. The Hall–Kier alpha value is -2.94. The lowest BCUT2D eigenvalue weighted by molar-refractivity contribution is -0.143. The van der Waals surface area contributed by atoms with Crippen LogP contribution in [-0.4, -0.2) is 45.2 Å². The van der Waals surface area contributed by atoms with Gasteiger partial charge in [-0.2, -0.15) is 0 Å². The summed E-state index contributed by atoms with van der Waals surface area (Å²) in [5.74, 6) is -1.05. The quantitative estimate of drug-likeness (QED) is 0.547. The zero-order valence-electron chi connectivity index (χ0n) is 15.9. The van der Waals surface area contributed by atoms with Crippen LogP contribution < -0.4 is 11.2 Å². The van der Waals surface area contributed by atoms with Crippen LogP contribution in [0, 0.1) is 13.8 Å². The van der Waals surface area contributed by atoms with E-state index in [1.165, 1.54) is 6.20 Å². The maximum atomic E-state index is 12.5. The summed E-state index contributed by atoms with van der Waals surface area (Å²) < 4.78 is 13.7. The minimum Gasteiger partial charge on any atom is -0.456 e. The normalized spacial score (nSPS) is 16.3. The summed E-state index contributed by atoms with van der Waals surface area (Å²) in [6.07, 6.45) is 3.40. The van der Waals surface area contributed by atoms with Crippen molar-refractivity contribution in [1.82, 2.24) is 14.1 Å². The number of ketones is 1. The highest BCUT2D eigenvalue weighted by Crippen LogP contribution is 2.20. The van der Waals surface area contributed by atoms with E-state index in [1.807, 2.05) is 23.4 Å². The summed E-state index contributed by atoms with van der Waals surface area (Å²) in [6.45, 7) is 4.44. The largest absolute Gasteiger partial charge is 0.456 e. The van der Waals surface area contributed by atoms with Gasteiger partial charge in [0.05, 0.1) is 6.10 Å². The van der Waals surface area contributed by atoms with Gasteiger partial charge in [-0.3, -0.25) is 23.9 Å². The first-order valence-corrected chi connectivity index (χ1v) is 9.12. The average molecular weight is 389 g/mol. The molecule has 0 saturated carbocycles. The van der Waals surface area contributed by atoms with E-state index in [2.05, 4.69) is 0 Å². The second kappa shape index (κ2) is 8.39. The Balaban J connectivity index is 1.60. The van der Waals surface area contributed by atoms with E-state index in [0.717, 1.165) is 41.5 Å². The Morgan fingerprint density at radius 2 is 2.11 bits per heavy atom. The van der Waals surface area contributed by atoms with Gasteiger partial charge in [-0.25, -0.2) is 4.79 Å². The molecule has 0 bridgehead atoms. The molecular weight excluding hydrogens is 366 g/mol. The van der Waals surface area contributed by atoms with Gasteiger partial charge in [0.25, 0.3) is 5.56 Å². The third-order valence-corrected chi connectivity index (χ3v) is 4.84. The van der Waals surface area contributed by atoms with E-state index in [9.17, 15) is 19.2 Å². The number of aromatic nitrogens is 3. The van der Waals surface area contributed by atoms with Gasteiger partial charge in [-0.1, -0.05) is 0 Å². The van der Waals surface area contributed by atoms with Crippen molar-refractivity contribution in [3.63, 3.8) is 0 Å². The molecule has 1 aliphatic heterocycles. The molecular formula is C19H23N3O6. The van der Waals surface area contributed by atoms with Gasteiger partial charge in [-0.15, -0.1) is 0 Å². The van der Waals surface area contributed by atoms with Crippen LogP contribution in [0.4, 0.5) is 0 Å². The lowest BCUT2D eigenvalue weighted by Gasteiger charge is -2.14. The molecule has 150 valence electrons. The van der Waals surface area contributed by atoms with E-state index in [4.69, 9.17) is 9.47 Å². The van der Waals surface area contributed by atoms with Crippen molar-refractivity contribution in [2.75, 3.05) is 13.2 Å². The molecule has 3 rings (SSSR count). The molecule has 1 atom stereocenters. The summed E-state index contributed by atoms with van der Waals surface area (Å²) in [5, 5.41) is 0. The number of aromatic amines is 1. The highest BCUT2D eigenvalue weighted by atomic mass is 16.5. The Morgan fingerprint density at radius 1 is 1.32 bits per heavy atom. The first-order valence-electron chi connectivity index (χ1n) is 9.12. The number of ether oxygens (including phenoxy) is 2. The van der Waals surface area contributed by atoms with Gasteiger partial charge in [0.2, 0.25) is 5.78 Å². The number of esters is 1. The molecule has 2 aromatic rings. The molecule has 1 saturated heterocycles. The summed E-state index contributed by atoms with van der Waals surface area (Å²) in [4.78, 5) is 49.1. The highest BCUT2D eigenvalue weighted by Gasteiger charge is 2.21. The maximum Gasteiger partial charge on any atom is 0.328 e. The molecule has 0 spiro atoms. The van der Waals surface area contributed by atoms with Crippen molar-refractivity contribution >= 4 is 11.8 Å². The van der Waals surface area contributed by atoms with Crippen molar-refractivity contribution in [3.05, 3.63) is 56.1 Å². The average Bonchev–Trinajstić information content (AvgIpc) is 3.26. The molecule has 9 nitrogen and oxygen atoms in total. The molecule has 9 heteroatoms. The number of Topliss-reactive ketones (excluding diaryl/α,β-unsaturated/α-hetero) is 1. The minimum absolute atomic E-state index is 0.154. The van der Waals surface area contributed by atoms with Crippen LogP contribution in [0.15, 0.2) is 27.9 Å². The van der Waals surface area contributed by atoms with E-state index in [1.54, 1.807) is 6.07 Å². The Morgan fingerprint density at radius 3 is 2.79 bits per heavy atom. The molecule has 1 aliphatic rings. The zero-order chi connectivity index (χ0) is 20.3. The lowest BCUT2D eigenvalue weighted by Crippen LogP contribution is -2.31. The minimum atomic E-state index is -0.740. The van der Waals surface area contributed by atoms with Gasteiger partial charge in [0.15, 0.2) is 6.61 Å². The topological polar surface area (TPSA) is 112 Å². The van der Waals surface area contributed by atoms with Crippen molar-refractivity contribution in [3.8, 4) is 0 Å². The van der Waals surface area contributed by atoms with Crippen LogP contribution in [0.2, 0.25) is 0 Å². The summed E-state index contributed by atoms with van der Waals surface area (Å²) in [5.41, 5.74) is 0.995. The molecule has 1 fully saturated rings. The smallest absolute Gasteiger partial charge is 0.328 e. The van der Waals surface area contributed by atoms with Crippen molar-refractivity contribution < 1.29 is 19.1 Å². The fourth-order valence-electron chi connectivity index (χ4n) is 3.33. The van der Waals surface area contributed by atoms with Gasteiger partial charge in [0.1, 0.15) is 6.54 Å². The van der Waals surface area contributed by atoms with E-state index in [0.29, 0.717) is 12.1 Å². The number of rotatable bonds is 7. The fraction of sp³-hybridized carbons (Fsp3) is 0.474. The van der Waals surface area contributed by atoms with Crippen LogP contribution in [-0.2, 0) is 27.4 Å². The standard InChI is InChI=1S/C19H23N3O6/c1-12-8-15(13(2)22(12)9-14-4-3-7-27-14)16(23)11-28-18(25)10-21-6-5-17(24)20-19(21)26/h5-6,8,14H,3-4,7,9-11H2,1-2H3,(H,20,24,26)/t14-/m1/s1. The molecule has 0 unspecified atom stereocenters. The van der Waals surface area contributed by atoms with E-state index in [-0.39, 0.29) is 18.4 Å². The zero-order valence-corrected chi connectivity index (χ0v) is 15.9. The number of nitrogens with one attached hydrogen (secondary N) is 1. The number of aryl methyl sites for hydroxylation is 1. The highest BCUT2D eigenvalue weighted by molar-refractivity contribution is 5.99. The molecule has 28 heavy (non-hydrogen) atoms. The summed E-state index contributed by atoms with van der Waals surface area (Å²) in [6, 6.07) is 2.91. The van der Waals surface area contributed by atoms with Crippen LogP contribution in [0.3, 0.4) is 0 Å². The molecule has 0 aromatic carbocycles. The Kier molecular flexibility index (Phi) is 5.93. The predicted molar refractivity (Wildman–Crippen MR) is 99.5 cm³/mol. The van der Waals surface area contributed by atoms with Gasteiger partial charge < -0.3 is 14.0 Å². The van der Waals surface area contributed by atoms with Gasteiger partial charge in [0, 0.05) is 42.4 Å². The summed E-state index contributed by atoms with van der Waals surface area (Å²) >= 11 is 0. The first-order chi connectivity index (χ1) is 13.3. The van der Waals surface area contributed by atoms with Crippen molar-refractivity contribution in [2.24, 2.45) is 0 Å². The van der Waals surface area contributed by atoms with Crippen molar-refractivity contribution in [1.29, 1.82) is 0 Å². The molecule has 3 heterocycles. The van der Waals surface area contributed by atoms with Gasteiger partial charge in [-0.05, 0) is 32.8 Å². The van der Waals surface area contributed by atoms with Crippen LogP contribution in [0.25, 0.3) is 0 Å². The third-order valence-electron chi connectivity index (χ3n) is 4.84. The second-order valence-corrected chi connectivity index (χ2v) is 6.85. The van der Waals surface area contributed by atoms with Crippen LogP contribution in [0.1, 0.15) is 34.6 Å². The van der Waals surface area contributed by atoms with E-state index >= 15 is 0 Å². The Labute approximate surface area is 160 Å². The monoisotopic (exact) mass is 389 g/mol. The maximum absolute atomic E-state index is 12.5. The van der Waals surface area contributed by atoms with Crippen LogP contribution >= 0.6 is 0 Å². The number of hydrogen-bond donors (Lipinski definition) is 1. The first kappa shape index (κ1) is 19.8. The number of hydrogen-bond acceptors (Lipinski definition) is 6. The second-order valence-electron chi connectivity index (χ2n) is 6.85. The number of nitrogens with zero attached hydrogens (tertiary/aromatic N) is 2. The number of carbonyl (C=O) groups excluding carboxylic acids is 2. The molecule has 0 radical (unpaired) electrons. The molecule has 0 amide bonds. The molecule has 1 N–H and O–H groups in total. The van der Waals surface area contributed by atoms with Crippen molar-refractivity contribution in [2.45, 2.75) is 45.9 Å². The third kappa shape index (κ3) is 4.48. The lowest BCUT2D eigenvalue weighted by atomic mass is 10.1.